The van der Waals surface area contributed by atoms with Crippen LogP contribution in [0.15, 0.2) is 18.2 Å². The maximum Gasteiger partial charge on any atom is 0.251 e. The number of benzene rings is 1. The number of rotatable bonds is 6. The zero-order chi connectivity index (χ0) is 16.1. The average Bonchev–Trinajstić information content (AvgIpc) is 3.04. The van der Waals surface area contributed by atoms with Crippen LogP contribution in [-0.2, 0) is 4.74 Å². The molecule has 1 aliphatic rings. The van der Waals surface area contributed by atoms with E-state index in [1.54, 1.807) is 7.11 Å². The molecule has 1 aliphatic heterocycles. The van der Waals surface area contributed by atoms with Gasteiger partial charge in [-0.2, -0.15) is 8.75 Å². The molecule has 0 atom stereocenters. The van der Waals surface area contributed by atoms with Gasteiger partial charge < -0.3 is 15.0 Å². The van der Waals surface area contributed by atoms with E-state index in [2.05, 4.69) is 19.0 Å². The molecule has 1 N–H and O–H groups in total. The van der Waals surface area contributed by atoms with Gasteiger partial charge in [0.15, 0.2) is 0 Å². The van der Waals surface area contributed by atoms with Gasteiger partial charge in [-0.25, -0.2) is 0 Å². The second kappa shape index (κ2) is 7.81. The first-order valence-corrected chi connectivity index (χ1v) is 8.74. The number of methoxy groups -OCH3 is 1. The van der Waals surface area contributed by atoms with E-state index < -0.39 is 0 Å². The van der Waals surface area contributed by atoms with Crippen molar-refractivity contribution in [2.45, 2.75) is 25.3 Å². The van der Waals surface area contributed by atoms with Crippen molar-refractivity contribution in [3.05, 3.63) is 23.8 Å². The van der Waals surface area contributed by atoms with Crippen molar-refractivity contribution in [1.82, 2.24) is 19.0 Å². The molecule has 1 aromatic heterocycles. The molecule has 0 radical (unpaired) electrons. The van der Waals surface area contributed by atoms with E-state index in [0.29, 0.717) is 5.56 Å². The number of hydrogen-bond acceptors (Lipinski definition) is 6. The second-order valence-electron chi connectivity index (χ2n) is 5.90. The Morgan fingerprint density at radius 1 is 1.35 bits per heavy atom. The van der Waals surface area contributed by atoms with Crippen LogP contribution in [0.1, 0.15) is 29.6 Å². The van der Waals surface area contributed by atoms with Crippen LogP contribution in [0.3, 0.4) is 0 Å². The van der Waals surface area contributed by atoms with Crippen molar-refractivity contribution >= 4 is 28.7 Å². The van der Waals surface area contributed by atoms with Gasteiger partial charge in [0.1, 0.15) is 11.0 Å². The van der Waals surface area contributed by atoms with Crippen LogP contribution in [0, 0.1) is 0 Å². The van der Waals surface area contributed by atoms with E-state index >= 15 is 0 Å². The Kier molecular flexibility index (Phi) is 5.53. The van der Waals surface area contributed by atoms with Crippen LogP contribution in [0.2, 0.25) is 0 Å². The second-order valence-corrected chi connectivity index (χ2v) is 6.43. The third kappa shape index (κ3) is 4.25. The molecule has 23 heavy (non-hydrogen) atoms. The molecule has 0 spiro atoms. The van der Waals surface area contributed by atoms with E-state index in [1.165, 1.54) is 11.7 Å². The van der Waals surface area contributed by atoms with E-state index in [0.717, 1.165) is 56.5 Å². The Balaban J connectivity index is 1.49. The molecular formula is C16H22N4O2S. The highest BCUT2D eigenvalue weighted by Crippen LogP contribution is 2.15. The highest BCUT2D eigenvalue weighted by atomic mass is 32.1. The summed E-state index contributed by atoms with van der Waals surface area (Å²) in [6.07, 6.45) is 3.06. The maximum absolute atomic E-state index is 12.4. The van der Waals surface area contributed by atoms with Crippen molar-refractivity contribution in [1.29, 1.82) is 0 Å². The molecule has 3 rings (SSSR count). The fourth-order valence-electron chi connectivity index (χ4n) is 2.93. The lowest BCUT2D eigenvalue weighted by atomic mass is 10.0. The van der Waals surface area contributed by atoms with Crippen LogP contribution in [-0.4, -0.2) is 58.9 Å². The van der Waals surface area contributed by atoms with E-state index in [1.807, 2.05) is 18.2 Å². The molecule has 0 aliphatic carbocycles. The van der Waals surface area contributed by atoms with Gasteiger partial charge in [0, 0.05) is 45.0 Å². The van der Waals surface area contributed by atoms with Gasteiger partial charge in [-0.05, 0) is 37.5 Å². The zero-order valence-corrected chi connectivity index (χ0v) is 14.1. The average molecular weight is 334 g/mol. The summed E-state index contributed by atoms with van der Waals surface area (Å²) in [5, 5.41) is 3.14. The number of ether oxygens (including phenoxy) is 1. The van der Waals surface area contributed by atoms with Crippen LogP contribution in [0.25, 0.3) is 11.0 Å². The molecule has 6 nitrogen and oxygen atoms in total. The minimum absolute atomic E-state index is 0.0160. The summed E-state index contributed by atoms with van der Waals surface area (Å²) in [5.41, 5.74) is 2.29. The van der Waals surface area contributed by atoms with Crippen LogP contribution in [0.5, 0.6) is 0 Å². The number of nitrogens with one attached hydrogen (secondary N) is 1. The standard InChI is InChI=1S/C16H22N4O2S/c1-22-10-2-7-20-8-5-13(6-9-20)17-16(21)12-3-4-14-15(11-12)19-23-18-14/h3-4,11,13H,2,5-10H2,1H3,(H,17,21). The van der Waals surface area contributed by atoms with Gasteiger partial charge >= 0.3 is 0 Å². The molecule has 2 aromatic rings. The number of nitrogens with zero attached hydrogens (tertiary/aromatic N) is 3. The van der Waals surface area contributed by atoms with Gasteiger partial charge in [0.05, 0.1) is 11.7 Å². The topological polar surface area (TPSA) is 67.3 Å². The highest BCUT2D eigenvalue weighted by molar-refractivity contribution is 7.00. The highest BCUT2D eigenvalue weighted by Gasteiger charge is 2.21. The van der Waals surface area contributed by atoms with Crippen molar-refractivity contribution in [2.24, 2.45) is 0 Å². The Labute approximate surface area is 140 Å². The summed E-state index contributed by atoms with van der Waals surface area (Å²) in [5.74, 6) is -0.0160. The zero-order valence-electron chi connectivity index (χ0n) is 13.3. The van der Waals surface area contributed by atoms with E-state index in [4.69, 9.17) is 4.74 Å². The Hall–Kier alpha value is -1.57. The summed E-state index contributed by atoms with van der Waals surface area (Å²) in [6, 6.07) is 5.74. The summed E-state index contributed by atoms with van der Waals surface area (Å²) in [4.78, 5) is 14.8. The van der Waals surface area contributed by atoms with Gasteiger partial charge in [-0.3, -0.25) is 4.79 Å². The first kappa shape index (κ1) is 16.3. The Morgan fingerprint density at radius 3 is 2.91 bits per heavy atom. The summed E-state index contributed by atoms with van der Waals surface area (Å²) in [6.45, 7) is 3.94. The Bertz CT molecular complexity index is 652. The number of hydrogen-bond donors (Lipinski definition) is 1. The van der Waals surface area contributed by atoms with Crippen molar-refractivity contribution in [3.8, 4) is 0 Å². The minimum atomic E-state index is -0.0160. The lowest BCUT2D eigenvalue weighted by Gasteiger charge is -2.32. The Morgan fingerprint density at radius 2 is 2.13 bits per heavy atom. The number of carbonyl (C=O) groups excluding carboxylic acids is 1. The minimum Gasteiger partial charge on any atom is -0.385 e. The molecule has 124 valence electrons. The number of aromatic nitrogens is 2. The van der Waals surface area contributed by atoms with Crippen molar-refractivity contribution in [3.63, 3.8) is 0 Å². The molecule has 0 bridgehead atoms. The van der Waals surface area contributed by atoms with Gasteiger partial charge in [-0.1, -0.05) is 0 Å². The predicted octanol–water partition coefficient (Wildman–Crippen LogP) is 1.92. The summed E-state index contributed by atoms with van der Waals surface area (Å²) in [7, 11) is 1.74. The quantitative estimate of drug-likeness (QED) is 0.818. The molecule has 1 amide bonds. The number of piperidine rings is 1. The fraction of sp³-hybridized carbons (Fsp3) is 0.562. The number of likely N-dealkylation sites (tertiary alicyclic amines) is 1. The van der Waals surface area contributed by atoms with Crippen LogP contribution in [0.4, 0.5) is 0 Å². The SMILES string of the molecule is COCCCN1CCC(NC(=O)c2ccc3nsnc3c2)CC1. The third-order valence-electron chi connectivity index (χ3n) is 4.26. The summed E-state index contributed by atoms with van der Waals surface area (Å²) >= 11 is 1.17. The van der Waals surface area contributed by atoms with E-state index in [9.17, 15) is 4.79 Å². The third-order valence-corrected chi connectivity index (χ3v) is 4.82. The lowest BCUT2D eigenvalue weighted by Crippen LogP contribution is -2.45. The van der Waals surface area contributed by atoms with Crippen LogP contribution >= 0.6 is 11.7 Å². The number of carbonyl (C=O) groups is 1. The van der Waals surface area contributed by atoms with Crippen LogP contribution < -0.4 is 5.32 Å². The molecule has 1 fully saturated rings. The number of fused-ring (bicyclic) bond motifs is 1. The largest absolute Gasteiger partial charge is 0.385 e. The fourth-order valence-corrected chi connectivity index (χ4v) is 3.44. The molecule has 0 unspecified atom stereocenters. The van der Waals surface area contributed by atoms with Gasteiger partial charge in [0.25, 0.3) is 5.91 Å². The molecular weight excluding hydrogens is 312 g/mol. The first-order chi connectivity index (χ1) is 11.3. The first-order valence-electron chi connectivity index (χ1n) is 8.01. The molecule has 1 saturated heterocycles. The predicted molar refractivity (Wildman–Crippen MR) is 90.8 cm³/mol. The molecule has 7 heteroatoms. The smallest absolute Gasteiger partial charge is 0.251 e. The van der Waals surface area contributed by atoms with Crippen molar-refractivity contribution in [2.75, 3.05) is 33.4 Å². The lowest BCUT2D eigenvalue weighted by molar-refractivity contribution is 0.0907. The monoisotopic (exact) mass is 334 g/mol. The molecule has 2 heterocycles. The maximum atomic E-state index is 12.4. The summed E-state index contributed by atoms with van der Waals surface area (Å²) < 4.78 is 13.4. The number of amides is 1. The normalized spacial score (nSPS) is 16.7. The van der Waals surface area contributed by atoms with Crippen molar-refractivity contribution < 1.29 is 9.53 Å². The van der Waals surface area contributed by atoms with Gasteiger partial charge in [-0.15, -0.1) is 0 Å². The van der Waals surface area contributed by atoms with E-state index in [-0.39, 0.29) is 11.9 Å². The molecule has 0 saturated carbocycles. The van der Waals surface area contributed by atoms with Gasteiger partial charge in [0.2, 0.25) is 0 Å². The molecule has 1 aromatic carbocycles.